The maximum atomic E-state index is 11.6. The summed E-state index contributed by atoms with van der Waals surface area (Å²) in [6.07, 6.45) is 3.20. The number of thiophene rings is 1. The Balaban J connectivity index is 1.50. The van der Waals surface area contributed by atoms with E-state index in [-0.39, 0.29) is 12.2 Å². The number of amides is 1. The lowest BCUT2D eigenvalue weighted by molar-refractivity contribution is 0.0706. The van der Waals surface area contributed by atoms with Crippen LogP contribution in [-0.2, 0) is 11.3 Å². The zero-order valence-electron chi connectivity index (χ0n) is 19.5. The Bertz CT molecular complexity index is 1350. The number of aliphatic hydroxyl groups excluding tert-OH is 1. The van der Waals surface area contributed by atoms with Crippen LogP contribution in [-0.4, -0.2) is 75.6 Å². The Morgan fingerprint density at radius 2 is 2.03 bits per heavy atom. The summed E-state index contributed by atoms with van der Waals surface area (Å²) in [6, 6.07) is 5.33. The molecule has 4 aromatic heterocycles. The standard InChI is InChI=1S/C23H25N7O4S2/c1-14-24-12-18(35-14)21-26-17-10-16(36-20(17)22(27-21)29-5-8-34-9-6-29)13-30(4-7-31)19-3-2-15(11-25-19)23(32)28-33/h2-3,10-12,31,33H,4-9,13H2,1H3,(H,28,32). The highest BCUT2D eigenvalue weighted by Crippen LogP contribution is 2.36. The third-order valence-electron chi connectivity index (χ3n) is 5.71. The molecule has 1 aliphatic rings. The predicted octanol–water partition coefficient (Wildman–Crippen LogP) is 2.47. The normalized spacial score (nSPS) is 13.8. The number of thiazole rings is 1. The molecule has 4 aromatic rings. The third-order valence-corrected chi connectivity index (χ3v) is 7.72. The van der Waals surface area contributed by atoms with Crippen LogP contribution in [0.25, 0.3) is 20.9 Å². The van der Waals surface area contributed by atoms with E-state index in [2.05, 4.69) is 20.9 Å². The van der Waals surface area contributed by atoms with Crippen LogP contribution in [0.2, 0.25) is 0 Å². The first kappa shape index (κ1) is 24.5. The smallest absolute Gasteiger partial charge is 0.276 e. The molecule has 3 N–H and O–H groups in total. The first-order chi connectivity index (χ1) is 17.6. The van der Waals surface area contributed by atoms with Crippen molar-refractivity contribution in [1.29, 1.82) is 0 Å². The average molecular weight is 528 g/mol. The molecule has 1 saturated heterocycles. The SMILES string of the molecule is Cc1ncc(-c2nc(N3CCOCC3)c3sc(CN(CCO)c4ccc(C(=O)NO)cn4)cc3n2)s1. The van der Waals surface area contributed by atoms with Gasteiger partial charge in [-0.3, -0.25) is 10.0 Å². The van der Waals surface area contributed by atoms with Gasteiger partial charge in [0.1, 0.15) is 5.82 Å². The highest BCUT2D eigenvalue weighted by molar-refractivity contribution is 7.19. The molecule has 1 amide bonds. The Kier molecular flexibility index (Phi) is 7.34. The number of aryl methyl sites for hydroxylation is 1. The van der Waals surface area contributed by atoms with Crippen LogP contribution in [0.3, 0.4) is 0 Å². The maximum absolute atomic E-state index is 11.6. The molecule has 0 radical (unpaired) electrons. The number of rotatable bonds is 8. The molecule has 0 aliphatic carbocycles. The molecule has 5 rings (SSSR count). The molecular formula is C23H25N7O4S2. The number of morpholine rings is 1. The zero-order valence-corrected chi connectivity index (χ0v) is 21.2. The van der Waals surface area contributed by atoms with Crippen molar-refractivity contribution >= 4 is 50.4 Å². The van der Waals surface area contributed by atoms with E-state index >= 15 is 0 Å². The number of fused-ring (bicyclic) bond motifs is 1. The summed E-state index contributed by atoms with van der Waals surface area (Å²) in [5.41, 5.74) is 2.70. The van der Waals surface area contributed by atoms with Crippen molar-refractivity contribution < 1.29 is 19.8 Å². The predicted molar refractivity (Wildman–Crippen MR) is 138 cm³/mol. The summed E-state index contributed by atoms with van der Waals surface area (Å²) >= 11 is 3.19. The van der Waals surface area contributed by atoms with E-state index in [0.29, 0.717) is 37.9 Å². The number of hydrogen-bond donors (Lipinski definition) is 3. The molecule has 0 atom stereocenters. The Hall–Kier alpha value is -3.23. The van der Waals surface area contributed by atoms with E-state index in [0.717, 1.165) is 43.9 Å². The van der Waals surface area contributed by atoms with Crippen LogP contribution in [0.5, 0.6) is 0 Å². The lowest BCUT2D eigenvalue weighted by atomic mass is 10.2. The minimum Gasteiger partial charge on any atom is -0.395 e. The summed E-state index contributed by atoms with van der Waals surface area (Å²) in [4.78, 5) is 36.3. The molecule has 1 aliphatic heterocycles. The molecule has 0 bridgehead atoms. The molecule has 0 aromatic carbocycles. The number of aromatic nitrogens is 4. The van der Waals surface area contributed by atoms with E-state index in [1.165, 1.54) is 6.20 Å². The van der Waals surface area contributed by atoms with Crippen molar-refractivity contribution in [2.24, 2.45) is 0 Å². The van der Waals surface area contributed by atoms with Gasteiger partial charge in [-0.05, 0) is 25.1 Å². The number of hydrogen-bond acceptors (Lipinski definition) is 12. The second-order valence-corrected chi connectivity index (χ2v) is 10.5. The first-order valence-electron chi connectivity index (χ1n) is 11.4. The highest BCUT2D eigenvalue weighted by atomic mass is 32.1. The summed E-state index contributed by atoms with van der Waals surface area (Å²) in [5.74, 6) is 1.53. The fraction of sp³-hybridized carbons (Fsp3) is 0.348. The minimum absolute atomic E-state index is 0.0564. The van der Waals surface area contributed by atoms with Gasteiger partial charge in [-0.15, -0.1) is 22.7 Å². The molecule has 1 fully saturated rings. The van der Waals surface area contributed by atoms with E-state index in [4.69, 9.17) is 19.9 Å². The summed E-state index contributed by atoms with van der Waals surface area (Å²) in [5, 5.41) is 19.5. The van der Waals surface area contributed by atoms with Crippen molar-refractivity contribution in [3.63, 3.8) is 0 Å². The molecule has 13 heteroatoms. The maximum Gasteiger partial charge on any atom is 0.276 e. The van der Waals surface area contributed by atoms with Gasteiger partial charge in [0.05, 0.1) is 52.0 Å². The van der Waals surface area contributed by atoms with Gasteiger partial charge in [0.2, 0.25) is 0 Å². The number of carbonyl (C=O) groups excluding carboxylic acids is 1. The number of carbonyl (C=O) groups is 1. The molecule has 0 saturated carbocycles. The van der Waals surface area contributed by atoms with Gasteiger partial charge in [-0.1, -0.05) is 0 Å². The number of anilines is 2. The fourth-order valence-electron chi connectivity index (χ4n) is 3.96. The van der Waals surface area contributed by atoms with Crippen molar-refractivity contribution in [3.05, 3.63) is 46.0 Å². The van der Waals surface area contributed by atoms with Crippen LogP contribution in [0.4, 0.5) is 11.6 Å². The fourth-order valence-corrected chi connectivity index (χ4v) is 5.80. The van der Waals surface area contributed by atoms with Crippen LogP contribution in [0, 0.1) is 6.92 Å². The van der Waals surface area contributed by atoms with Crippen LogP contribution in [0.1, 0.15) is 20.2 Å². The van der Waals surface area contributed by atoms with Crippen LogP contribution in [0.15, 0.2) is 30.6 Å². The molecular weight excluding hydrogens is 502 g/mol. The first-order valence-corrected chi connectivity index (χ1v) is 13.0. The quantitative estimate of drug-likeness (QED) is 0.231. The van der Waals surface area contributed by atoms with Crippen molar-refractivity contribution in [1.82, 2.24) is 25.4 Å². The Labute approximate surface area is 215 Å². The second-order valence-electron chi connectivity index (χ2n) is 8.13. The molecule has 0 unspecified atom stereocenters. The number of pyridine rings is 1. The Morgan fingerprint density at radius 1 is 1.19 bits per heavy atom. The topological polar surface area (TPSA) is 137 Å². The lowest BCUT2D eigenvalue weighted by Gasteiger charge is -2.28. The number of nitrogens with zero attached hydrogens (tertiary/aromatic N) is 6. The van der Waals surface area contributed by atoms with Gasteiger partial charge < -0.3 is 19.6 Å². The molecule has 36 heavy (non-hydrogen) atoms. The van der Waals surface area contributed by atoms with Gasteiger partial charge in [-0.25, -0.2) is 25.4 Å². The van der Waals surface area contributed by atoms with Crippen molar-refractivity contribution in [2.45, 2.75) is 13.5 Å². The minimum atomic E-state index is -0.631. The molecule has 5 heterocycles. The number of ether oxygens (including phenoxy) is 1. The molecule has 11 nitrogen and oxygen atoms in total. The van der Waals surface area contributed by atoms with Gasteiger partial charge in [0.25, 0.3) is 5.91 Å². The number of aliphatic hydroxyl groups is 1. The number of hydroxylamine groups is 1. The van der Waals surface area contributed by atoms with Gasteiger partial charge in [-0.2, -0.15) is 0 Å². The Morgan fingerprint density at radius 3 is 2.69 bits per heavy atom. The number of nitrogens with one attached hydrogen (secondary N) is 1. The zero-order chi connectivity index (χ0) is 25.1. The van der Waals surface area contributed by atoms with E-state index in [1.54, 1.807) is 40.3 Å². The van der Waals surface area contributed by atoms with Gasteiger partial charge in [0, 0.05) is 36.9 Å². The summed E-state index contributed by atoms with van der Waals surface area (Å²) < 4.78 is 6.55. The lowest BCUT2D eigenvalue weighted by Crippen LogP contribution is -2.36. The van der Waals surface area contributed by atoms with Gasteiger partial charge in [0.15, 0.2) is 11.6 Å². The average Bonchev–Trinajstić information content (AvgIpc) is 3.53. The highest BCUT2D eigenvalue weighted by Gasteiger charge is 2.22. The second kappa shape index (κ2) is 10.8. The third kappa shape index (κ3) is 5.15. The largest absolute Gasteiger partial charge is 0.395 e. The molecule has 0 spiro atoms. The van der Waals surface area contributed by atoms with Crippen LogP contribution < -0.4 is 15.3 Å². The summed E-state index contributed by atoms with van der Waals surface area (Å²) in [6.45, 7) is 5.59. The van der Waals surface area contributed by atoms with Gasteiger partial charge >= 0.3 is 0 Å². The van der Waals surface area contributed by atoms with Crippen molar-refractivity contribution in [2.75, 3.05) is 49.3 Å². The summed E-state index contributed by atoms with van der Waals surface area (Å²) in [7, 11) is 0. The van der Waals surface area contributed by atoms with E-state index in [9.17, 15) is 9.90 Å². The molecule has 188 valence electrons. The monoisotopic (exact) mass is 527 g/mol. The van der Waals surface area contributed by atoms with E-state index < -0.39 is 5.91 Å². The van der Waals surface area contributed by atoms with E-state index in [1.807, 2.05) is 18.0 Å². The van der Waals surface area contributed by atoms with Crippen molar-refractivity contribution in [3.8, 4) is 10.7 Å². The van der Waals surface area contributed by atoms with Crippen LogP contribution >= 0.6 is 22.7 Å².